The van der Waals surface area contributed by atoms with Crippen LogP contribution in [0.5, 0.6) is 0 Å². The van der Waals surface area contributed by atoms with Crippen molar-refractivity contribution in [2.75, 3.05) is 0 Å². The number of aromatic nitrogens is 2. The van der Waals surface area contributed by atoms with E-state index in [2.05, 4.69) is 88.4 Å². The van der Waals surface area contributed by atoms with Crippen molar-refractivity contribution in [3.63, 3.8) is 0 Å². The van der Waals surface area contributed by atoms with E-state index < -0.39 is 0 Å². The summed E-state index contributed by atoms with van der Waals surface area (Å²) in [4.78, 5) is 3.66. The molecule has 0 bridgehead atoms. The first-order chi connectivity index (χ1) is 12.4. The van der Waals surface area contributed by atoms with Crippen LogP contribution >= 0.6 is 11.3 Å². The molecule has 0 saturated carbocycles. The summed E-state index contributed by atoms with van der Waals surface area (Å²) in [7, 11) is 0. The molecule has 3 aromatic carbocycles. The summed E-state index contributed by atoms with van der Waals surface area (Å²) in [6.45, 7) is 0. The highest BCUT2D eigenvalue weighted by Gasteiger charge is 2.19. The molecule has 118 valence electrons. The average Bonchev–Trinajstić information content (AvgIpc) is 3.30. The second-order valence-corrected chi connectivity index (χ2v) is 7.36. The van der Waals surface area contributed by atoms with E-state index in [0.29, 0.717) is 0 Å². The van der Waals surface area contributed by atoms with Crippen molar-refractivity contribution >= 4 is 53.6 Å². The van der Waals surface area contributed by atoms with Crippen molar-refractivity contribution in [1.82, 2.24) is 9.55 Å². The molecule has 1 N–H and O–H groups in total. The highest BCUT2D eigenvalue weighted by molar-refractivity contribution is 7.27. The molecule has 2 nitrogen and oxygen atoms in total. The van der Waals surface area contributed by atoms with Gasteiger partial charge in [-0.25, -0.2) is 0 Å². The minimum absolute atomic E-state index is 1.20. The van der Waals surface area contributed by atoms with Gasteiger partial charge >= 0.3 is 0 Å². The summed E-state index contributed by atoms with van der Waals surface area (Å²) in [5.41, 5.74) is 6.18. The molecule has 3 aromatic heterocycles. The molecule has 0 unspecified atom stereocenters. The predicted octanol–water partition coefficient (Wildman–Crippen LogP) is 6.48. The summed E-state index contributed by atoms with van der Waals surface area (Å²) in [6.07, 6.45) is 0. The molecule has 0 radical (unpaired) electrons. The SMILES string of the molecule is c1ccc(-n2c3ccccc3c3sc4c5ccccc5[nH]c4c32)cc1. The Hall–Kier alpha value is -3.04. The van der Waals surface area contributed by atoms with Gasteiger partial charge in [-0.3, -0.25) is 0 Å². The maximum atomic E-state index is 3.66. The lowest BCUT2D eigenvalue weighted by atomic mass is 10.2. The van der Waals surface area contributed by atoms with Gasteiger partial charge < -0.3 is 9.55 Å². The van der Waals surface area contributed by atoms with Crippen LogP contribution in [-0.2, 0) is 0 Å². The highest BCUT2D eigenvalue weighted by atomic mass is 32.1. The Morgan fingerprint density at radius 3 is 2.28 bits per heavy atom. The standard InChI is InChI=1S/C22H14N2S/c1-2-8-14(9-3-1)24-18-13-7-5-11-16(18)22-20(24)19-21(25-22)15-10-4-6-12-17(15)23-19/h1-13,23H. The van der Waals surface area contributed by atoms with Crippen LogP contribution in [0, 0.1) is 0 Å². The van der Waals surface area contributed by atoms with E-state index in [4.69, 9.17) is 0 Å². The third-order valence-electron chi connectivity index (χ3n) is 4.94. The van der Waals surface area contributed by atoms with Crippen molar-refractivity contribution < 1.29 is 0 Å². The zero-order valence-corrected chi connectivity index (χ0v) is 14.2. The van der Waals surface area contributed by atoms with Gasteiger partial charge in [0.15, 0.2) is 0 Å². The van der Waals surface area contributed by atoms with Gasteiger partial charge in [-0.2, -0.15) is 0 Å². The van der Waals surface area contributed by atoms with E-state index in [-0.39, 0.29) is 0 Å². The fourth-order valence-corrected chi connectivity index (χ4v) is 5.19. The monoisotopic (exact) mass is 338 g/mol. The second-order valence-electron chi connectivity index (χ2n) is 6.34. The molecule has 0 aliphatic heterocycles. The maximum absolute atomic E-state index is 3.66. The Labute approximate surface area is 147 Å². The molecule has 25 heavy (non-hydrogen) atoms. The number of fused-ring (bicyclic) bond motifs is 7. The van der Waals surface area contributed by atoms with Crippen LogP contribution in [0.3, 0.4) is 0 Å². The maximum Gasteiger partial charge on any atom is 0.0893 e. The molecular weight excluding hydrogens is 324 g/mol. The van der Waals surface area contributed by atoms with E-state index in [0.717, 1.165) is 0 Å². The largest absolute Gasteiger partial charge is 0.352 e. The fourth-order valence-electron chi connectivity index (χ4n) is 3.88. The summed E-state index contributed by atoms with van der Waals surface area (Å²) < 4.78 is 5.08. The smallest absolute Gasteiger partial charge is 0.0893 e. The topological polar surface area (TPSA) is 20.7 Å². The normalized spacial score (nSPS) is 12.0. The van der Waals surface area contributed by atoms with Gasteiger partial charge in [0.2, 0.25) is 0 Å². The Bertz CT molecular complexity index is 1380. The van der Waals surface area contributed by atoms with Crippen molar-refractivity contribution in [3.8, 4) is 5.69 Å². The minimum Gasteiger partial charge on any atom is -0.352 e. The van der Waals surface area contributed by atoms with Crippen LogP contribution < -0.4 is 0 Å². The number of nitrogens with one attached hydrogen (secondary N) is 1. The van der Waals surface area contributed by atoms with Gasteiger partial charge in [-0.15, -0.1) is 11.3 Å². The Morgan fingerprint density at radius 1 is 0.680 bits per heavy atom. The van der Waals surface area contributed by atoms with E-state index in [1.807, 2.05) is 11.3 Å². The zero-order valence-electron chi connectivity index (χ0n) is 13.4. The molecule has 3 heteroatoms. The summed E-state index contributed by atoms with van der Waals surface area (Å²) in [6, 6.07) is 27.9. The minimum atomic E-state index is 1.20. The number of rotatable bonds is 1. The molecule has 0 amide bonds. The first-order valence-corrected chi connectivity index (χ1v) is 9.21. The van der Waals surface area contributed by atoms with Crippen molar-refractivity contribution in [2.24, 2.45) is 0 Å². The van der Waals surface area contributed by atoms with Gasteiger partial charge in [0, 0.05) is 22.0 Å². The number of thiophene rings is 1. The Balaban J connectivity index is 1.90. The Kier molecular flexibility index (Phi) is 2.52. The molecular formula is C22H14N2S. The number of H-pyrrole nitrogens is 1. The van der Waals surface area contributed by atoms with Gasteiger partial charge in [-0.05, 0) is 24.3 Å². The lowest BCUT2D eigenvalue weighted by Crippen LogP contribution is -1.92. The summed E-state index contributed by atoms with van der Waals surface area (Å²) >= 11 is 1.89. The van der Waals surface area contributed by atoms with E-state index >= 15 is 0 Å². The van der Waals surface area contributed by atoms with Crippen LogP contribution in [0.1, 0.15) is 0 Å². The second kappa shape index (κ2) is 4.74. The number of hydrogen-bond acceptors (Lipinski definition) is 1. The fraction of sp³-hybridized carbons (Fsp3) is 0. The molecule has 3 heterocycles. The lowest BCUT2D eigenvalue weighted by molar-refractivity contribution is 1.18. The molecule has 0 fully saturated rings. The quantitative estimate of drug-likeness (QED) is 0.354. The van der Waals surface area contributed by atoms with Crippen molar-refractivity contribution in [1.29, 1.82) is 0 Å². The number of para-hydroxylation sites is 3. The number of hydrogen-bond donors (Lipinski definition) is 1. The van der Waals surface area contributed by atoms with Crippen LogP contribution in [0.2, 0.25) is 0 Å². The molecule has 0 saturated heterocycles. The van der Waals surface area contributed by atoms with Crippen LogP contribution in [0.4, 0.5) is 0 Å². The molecule has 0 aliphatic rings. The van der Waals surface area contributed by atoms with Gasteiger partial charge in [0.05, 0.1) is 25.9 Å². The zero-order chi connectivity index (χ0) is 16.4. The third-order valence-corrected chi connectivity index (χ3v) is 6.19. The number of nitrogens with zero attached hydrogens (tertiary/aromatic N) is 1. The summed E-state index contributed by atoms with van der Waals surface area (Å²) in [5.74, 6) is 0. The van der Waals surface area contributed by atoms with E-state index in [1.54, 1.807) is 0 Å². The van der Waals surface area contributed by atoms with Crippen LogP contribution in [0.15, 0.2) is 78.9 Å². The van der Waals surface area contributed by atoms with Gasteiger partial charge in [-0.1, -0.05) is 54.6 Å². The summed E-state index contributed by atoms with van der Waals surface area (Å²) in [5, 5.41) is 2.63. The first kappa shape index (κ1) is 13.3. The first-order valence-electron chi connectivity index (χ1n) is 8.39. The van der Waals surface area contributed by atoms with E-state index in [1.165, 1.54) is 47.9 Å². The molecule has 0 atom stereocenters. The molecule has 0 spiro atoms. The van der Waals surface area contributed by atoms with Crippen molar-refractivity contribution in [2.45, 2.75) is 0 Å². The Morgan fingerprint density at radius 2 is 1.40 bits per heavy atom. The molecule has 6 aromatic rings. The van der Waals surface area contributed by atoms with Crippen molar-refractivity contribution in [3.05, 3.63) is 78.9 Å². The average molecular weight is 338 g/mol. The molecule has 6 rings (SSSR count). The lowest BCUT2D eigenvalue weighted by Gasteiger charge is -2.06. The van der Waals surface area contributed by atoms with Gasteiger partial charge in [0.1, 0.15) is 0 Å². The number of aromatic amines is 1. The molecule has 0 aliphatic carbocycles. The highest BCUT2D eigenvalue weighted by Crippen LogP contribution is 2.44. The van der Waals surface area contributed by atoms with Gasteiger partial charge in [0.25, 0.3) is 0 Å². The number of benzene rings is 3. The van der Waals surface area contributed by atoms with Crippen LogP contribution in [0.25, 0.3) is 47.9 Å². The third kappa shape index (κ3) is 1.68. The predicted molar refractivity (Wildman–Crippen MR) is 108 cm³/mol. The van der Waals surface area contributed by atoms with Crippen LogP contribution in [-0.4, -0.2) is 9.55 Å². The van der Waals surface area contributed by atoms with E-state index in [9.17, 15) is 0 Å².